The van der Waals surface area contributed by atoms with Crippen molar-refractivity contribution in [3.63, 3.8) is 0 Å². The van der Waals surface area contributed by atoms with Crippen LogP contribution in [0, 0.1) is 11.7 Å². The van der Waals surface area contributed by atoms with E-state index < -0.39 is 17.6 Å². The lowest BCUT2D eigenvalue weighted by atomic mass is 10.1. The fourth-order valence-corrected chi connectivity index (χ4v) is 4.03. The Bertz CT molecular complexity index is 1280. The van der Waals surface area contributed by atoms with Crippen LogP contribution in [0.4, 0.5) is 15.8 Å². The lowest BCUT2D eigenvalue weighted by Gasteiger charge is -2.17. The number of hydrogen-bond donors (Lipinski definition) is 2. The first-order valence-electron chi connectivity index (χ1n) is 11.5. The number of amides is 3. The predicted octanol–water partition coefficient (Wildman–Crippen LogP) is 4.17. The molecule has 0 unspecified atom stereocenters. The number of carbonyl (C=O) groups excluding carboxylic acids is 3. The number of methoxy groups -OCH3 is 1. The molecule has 1 atom stereocenters. The van der Waals surface area contributed by atoms with E-state index in [1.165, 1.54) is 12.1 Å². The third kappa shape index (κ3) is 6.77. The van der Waals surface area contributed by atoms with E-state index in [4.69, 9.17) is 21.1 Å². The van der Waals surface area contributed by atoms with Crippen molar-refractivity contribution < 1.29 is 28.2 Å². The maximum Gasteiger partial charge on any atom is 0.262 e. The van der Waals surface area contributed by atoms with Crippen LogP contribution in [0.2, 0.25) is 5.02 Å². The van der Waals surface area contributed by atoms with Crippen LogP contribution in [0.5, 0.6) is 11.5 Å². The second-order valence-corrected chi connectivity index (χ2v) is 8.84. The Hall–Kier alpha value is -4.11. The van der Waals surface area contributed by atoms with Crippen molar-refractivity contribution in [1.29, 1.82) is 0 Å². The summed E-state index contributed by atoms with van der Waals surface area (Å²) in [6, 6.07) is 17.9. The van der Waals surface area contributed by atoms with Crippen LogP contribution in [0.25, 0.3) is 0 Å². The van der Waals surface area contributed by atoms with Gasteiger partial charge in [-0.1, -0.05) is 23.7 Å². The van der Waals surface area contributed by atoms with E-state index in [1.807, 2.05) is 24.3 Å². The Kier molecular flexibility index (Phi) is 8.25. The second kappa shape index (κ2) is 11.7. The molecule has 1 saturated heterocycles. The summed E-state index contributed by atoms with van der Waals surface area (Å²) < 4.78 is 23.9. The second-order valence-electron chi connectivity index (χ2n) is 8.43. The van der Waals surface area contributed by atoms with Crippen LogP contribution in [0.15, 0.2) is 66.7 Å². The molecule has 0 radical (unpaired) electrons. The normalized spacial score (nSPS) is 14.8. The van der Waals surface area contributed by atoms with Crippen LogP contribution in [0.3, 0.4) is 0 Å². The van der Waals surface area contributed by atoms with E-state index in [-0.39, 0.29) is 36.4 Å². The summed E-state index contributed by atoms with van der Waals surface area (Å²) in [5.74, 6) is -0.627. The maximum absolute atomic E-state index is 13.2. The first-order valence-corrected chi connectivity index (χ1v) is 11.9. The molecule has 192 valence electrons. The van der Waals surface area contributed by atoms with Crippen LogP contribution in [-0.2, 0) is 20.9 Å². The van der Waals surface area contributed by atoms with E-state index in [1.54, 1.807) is 36.3 Å². The molecule has 3 amide bonds. The molecule has 1 aliphatic rings. The number of rotatable bonds is 9. The summed E-state index contributed by atoms with van der Waals surface area (Å²) >= 11 is 5.71. The number of carbonyl (C=O) groups is 3. The molecule has 2 N–H and O–H groups in total. The van der Waals surface area contributed by atoms with Crippen molar-refractivity contribution >= 4 is 40.7 Å². The molecule has 0 aromatic heterocycles. The molecule has 37 heavy (non-hydrogen) atoms. The zero-order valence-electron chi connectivity index (χ0n) is 20.0. The molecule has 10 heteroatoms. The summed E-state index contributed by atoms with van der Waals surface area (Å²) in [4.78, 5) is 38.9. The van der Waals surface area contributed by atoms with Crippen molar-refractivity contribution in [3.8, 4) is 11.5 Å². The van der Waals surface area contributed by atoms with Gasteiger partial charge >= 0.3 is 0 Å². The fourth-order valence-electron chi connectivity index (χ4n) is 3.85. The van der Waals surface area contributed by atoms with Crippen molar-refractivity contribution in [1.82, 2.24) is 5.32 Å². The highest BCUT2D eigenvalue weighted by molar-refractivity contribution is 6.31. The van der Waals surface area contributed by atoms with Crippen molar-refractivity contribution in [2.24, 2.45) is 5.92 Å². The van der Waals surface area contributed by atoms with Gasteiger partial charge < -0.3 is 25.0 Å². The molecule has 0 aliphatic carbocycles. The lowest BCUT2D eigenvalue weighted by molar-refractivity contribution is -0.126. The van der Waals surface area contributed by atoms with Gasteiger partial charge in [-0.2, -0.15) is 0 Å². The Morgan fingerprint density at radius 3 is 2.43 bits per heavy atom. The van der Waals surface area contributed by atoms with Gasteiger partial charge in [0.25, 0.3) is 5.91 Å². The van der Waals surface area contributed by atoms with Gasteiger partial charge in [0.15, 0.2) is 6.61 Å². The quantitative estimate of drug-likeness (QED) is 0.437. The highest BCUT2D eigenvalue weighted by Gasteiger charge is 2.35. The zero-order chi connectivity index (χ0) is 26.4. The van der Waals surface area contributed by atoms with Gasteiger partial charge in [-0.15, -0.1) is 0 Å². The molecule has 0 saturated carbocycles. The Morgan fingerprint density at radius 2 is 1.76 bits per heavy atom. The van der Waals surface area contributed by atoms with E-state index >= 15 is 0 Å². The fraction of sp³-hybridized carbons (Fsp3) is 0.222. The molecule has 0 bridgehead atoms. The Morgan fingerprint density at radius 1 is 1.05 bits per heavy atom. The molecule has 4 rings (SSSR count). The number of ether oxygens (including phenoxy) is 2. The first-order chi connectivity index (χ1) is 17.8. The van der Waals surface area contributed by atoms with Gasteiger partial charge in [0.05, 0.1) is 18.1 Å². The van der Waals surface area contributed by atoms with Gasteiger partial charge in [0, 0.05) is 30.9 Å². The minimum atomic E-state index is -0.576. The topological polar surface area (TPSA) is 97.0 Å². The minimum absolute atomic E-state index is 0.0947. The largest absolute Gasteiger partial charge is 0.497 e. The van der Waals surface area contributed by atoms with Gasteiger partial charge in [-0.05, 0) is 60.2 Å². The molecule has 8 nitrogen and oxygen atoms in total. The van der Waals surface area contributed by atoms with Crippen molar-refractivity contribution in [2.45, 2.75) is 13.0 Å². The van der Waals surface area contributed by atoms with Crippen molar-refractivity contribution in [3.05, 3.63) is 83.1 Å². The molecule has 1 heterocycles. The minimum Gasteiger partial charge on any atom is -0.497 e. The first kappa shape index (κ1) is 26.0. The molecular weight excluding hydrogens is 501 g/mol. The lowest BCUT2D eigenvalue weighted by Crippen LogP contribution is -2.32. The average Bonchev–Trinajstić information content (AvgIpc) is 3.30. The van der Waals surface area contributed by atoms with E-state index in [0.717, 1.165) is 17.4 Å². The van der Waals surface area contributed by atoms with Crippen molar-refractivity contribution in [2.75, 3.05) is 30.5 Å². The molecule has 1 aliphatic heterocycles. The van der Waals surface area contributed by atoms with Gasteiger partial charge in [0.1, 0.15) is 17.3 Å². The van der Waals surface area contributed by atoms with E-state index in [0.29, 0.717) is 23.7 Å². The molecule has 3 aromatic rings. The summed E-state index contributed by atoms with van der Waals surface area (Å²) in [7, 11) is 1.59. The molecule has 1 fully saturated rings. The monoisotopic (exact) mass is 525 g/mol. The van der Waals surface area contributed by atoms with Crippen LogP contribution < -0.4 is 25.0 Å². The number of anilines is 2. The summed E-state index contributed by atoms with van der Waals surface area (Å²) in [5, 5.41) is 5.37. The molecule has 3 aromatic carbocycles. The SMILES string of the molecule is COc1ccc(CNC(=O)[C@@H]2CC(=O)N(c3ccc(OCC(=O)Nc4ccc(F)c(Cl)c4)cc3)C2)cc1. The van der Waals surface area contributed by atoms with Crippen LogP contribution in [-0.4, -0.2) is 38.0 Å². The van der Waals surface area contributed by atoms with Crippen LogP contribution in [0.1, 0.15) is 12.0 Å². The number of halogens is 2. The molecule has 0 spiro atoms. The maximum atomic E-state index is 13.2. The van der Waals surface area contributed by atoms with Gasteiger partial charge in [-0.3, -0.25) is 14.4 Å². The number of benzene rings is 3. The van der Waals surface area contributed by atoms with Gasteiger partial charge in [-0.25, -0.2) is 4.39 Å². The summed E-state index contributed by atoms with van der Waals surface area (Å²) in [6.07, 6.45) is 0.125. The Balaban J connectivity index is 1.26. The Labute approximate surface area is 218 Å². The smallest absolute Gasteiger partial charge is 0.262 e. The van der Waals surface area contributed by atoms with Gasteiger partial charge in [0.2, 0.25) is 11.8 Å². The third-order valence-electron chi connectivity index (χ3n) is 5.84. The number of hydrogen-bond acceptors (Lipinski definition) is 5. The predicted molar refractivity (Wildman–Crippen MR) is 137 cm³/mol. The zero-order valence-corrected chi connectivity index (χ0v) is 20.8. The van der Waals surface area contributed by atoms with E-state index in [2.05, 4.69) is 10.6 Å². The summed E-state index contributed by atoms with van der Waals surface area (Å²) in [5.41, 5.74) is 1.92. The highest BCUT2D eigenvalue weighted by Crippen LogP contribution is 2.27. The molecular formula is C27H25ClFN3O5. The number of nitrogens with one attached hydrogen (secondary N) is 2. The average molecular weight is 526 g/mol. The third-order valence-corrected chi connectivity index (χ3v) is 6.13. The van der Waals surface area contributed by atoms with E-state index in [9.17, 15) is 18.8 Å². The summed E-state index contributed by atoms with van der Waals surface area (Å²) in [6.45, 7) is 0.366. The standard InChI is InChI=1S/C27H25ClFN3O5/c1-36-21-7-2-17(3-8-21)14-30-27(35)18-12-26(34)32(15-18)20-5-9-22(10-6-20)37-16-25(33)31-19-4-11-24(29)23(28)13-19/h2-11,13,18H,12,14-16H2,1H3,(H,30,35)(H,31,33)/t18-/m1/s1. The highest BCUT2D eigenvalue weighted by atomic mass is 35.5. The van der Waals surface area contributed by atoms with Crippen LogP contribution >= 0.6 is 11.6 Å². The number of nitrogens with zero attached hydrogens (tertiary/aromatic N) is 1.